The minimum Gasteiger partial charge on any atom is -0.321 e. The Labute approximate surface area is 134 Å². The number of hydrogen-bond donors (Lipinski definition) is 1. The summed E-state index contributed by atoms with van der Waals surface area (Å²) in [5.41, 5.74) is 0.119. The highest BCUT2D eigenvalue weighted by Crippen LogP contribution is 2.26. The van der Waals surface area contributed by atoms with Gasteiger partial charge in [0.05, 0.1) is 10.7 Å². The van der Waals surface area contributed by atoms with Crippen molar-refractivity contribution in [2.75, 3.05) is 5.32 Å². The summed E-state index contributed by atoms with van der Waals surface area (Å²) < 4.78 is 35.7. The van der Waals surface area contributed by atoms with Crippen LogP contribution in [0.2, 0.25) is 5.02 Å². The molecular weight excluding hydrogens is 385 g/mol. The van der Waals surface area contributed by atoms with E-state index < -0.39 is 21.0 Å². The summed E-state index contributed by atoms with van der Waals surface area (Å²) in [5, 5.41) is 2.79. The predicted molar refractivity (Wildman–Crippen MR) is 81.8 cm³/mol. The van der Waals surface area contributed by atoms with Crippen molar-refractivity contribution in [2.24, 2.45) is 0 Å². The van der Waals surface area contributed by atoms with E-state index in [-0.39, 0.29) is 11.3 Å². The minimum absolute atomic E-state index is 0.129. The molecule has 0 saturated heterocycles. The summed E-state index contributed by atoms with van der Waals surface area (Å²) >= 11 is 9.00. The van der Waals surface area contributed by atoms with Gasteiger partial charge in [-0.1, -0.05) is 23.7 Å². The fourth-order valence-electron chi connectivity index (χ4n) is 1.61. The lowest BCUT2D eigenvalue weighted by molar-refractivity contribution is 0.102. The summed E-state index contributed by atoms with van der Waals surface area (Å²) in [6.07, 6.45) is 0. The first kappa shape index (κ1) is 15.9. The quantitative estimate of drug-likeness (QED) is 0.803. The van der Waals surface area contributed by atoms with Crippen molar-refractivity contribution < 1.29 is 17.1 Å². The van der Waals surface area contributed by atoms with Crippen LogP contribution >= 0.6 is 27.5 Å². The minimum atomic E-state index is -4.92. The third kappa shape index (κ3) is 3.81. The van der Waals surface area contributed by atoms with E-state index >= 15 is 0 Å². The molecule has 0 unspecified atom stereocenters. The smallest absolute Gasteiger partial charge is 0.321 e. The van der Waals surface area contributed by atoms with Gasteiger partial charge in [-0.2, -0.15) is 8.42 Å². The number of anilines is 1. The van der Waals surface area contributed by atoms with Gasteiger partial charge in [-0.25, -0.2) is 0 Å². The lowest BCUT2D eigenvalue weighted by atomic mass is 10.2. The number of rotatable bonds is 3. The molecule has 1 N–H and O–H groups in total. The van der Waals surface area contributed by atoms with Crippen LogP contribution in [-0.4, -0.2) is 14.3 Å². The molecule has 0 spiro atoms. The van der Waals surface area contributed by atoms with Gasteiger partial charge in [0.25, 0.3) is 5.91 Å². The molecule has 0 aliphatic rings. The highest BCUT2D eigenvalue weighted by atomic mass is 79.9. The second-order valence-electron chi connectivity index (χ2n) is 4.02. The Morgan fingerprint density at radius 3 is 2.48 bits per heavy atom. The topological polar surface area (TPSA) is 63.2 Å². The molecule has 2 aromatic rings. The van der Waals surface area contributed by atoms with Gasteiger partial charge in [-0.3, -0.25) is 4.79 Å². The van der Waals surface area contributed by atoms with Crippen LogP contribution < -0.4 is 5.32 Å². The van der Waals surface area contributed by atoms with E-state index in [0.717, 1.165) is 6.07 Å². The Bertz CT molecular complexity index is 811. The van der Waals surface area contributed by atoms with Crippen molar-refractivity contribution in [1.29, 1.82) is 0 Å². The van der Waals surface area contributed by atoms with E-state index in [2.05, 4.69) is 21.2 Å². The third-order valence-corrected chi connectivity index (χ3v) is 4.68. The number of nitrogens with one attached hydrogen (secondary N) is 1. The van der Waals surface area contributed by atoms with E-state index in [4.69, 9.17) is 11.6 Å². The Morgan fingerprint density at radius 1 is 1.19 bits per heavy atom. The maximum Gasteiger partial charge on any atom is 0.334 e. The number of amides is 1. The van der Waals surface area contributed by atoms with Crippen LogP contribution in [0.25, 0.3) is 0 Å². The standard InChI is InChI=1S/C13H8BrClFNO3S/c14-9-7-8(5-6-10(9)15)13(18)17-11-3-1-2-4-12(11)21(16,19)20/h1-7H,(H,17,18). The molecule has 0 fully saturated rings. The van der Waals surface area contributed by atoms with Crippen LogP contribution in [0.4, 0.5) is 9.57 Å². The molecule has 0 radical (unpaired) electrons. The number of carbonyl (C=O) groups excluding carboxylic acids is 1. The van der Waals surface area contributed by atoms with Crippen molar-refractivity contribution in [1.82, 2.24) is 0 Å². The molecule has 2 rings (SSSR count). The lowest BCUT2D eigenvalue weighted by Crippen LogP contribution is -2.14. The van der Waals surface area contributed by atoms with E-state index in [1.165, 1.54) is 36.4 Å². The third-order valence-electron chi connectivity index (χ3n) is 2.58. The Balaban J connectivity index is 2.34. The molecule has 0 atom stereocenters. The SMILES string of the molecule is O=C(Nc1ccccc1S(=O)(=O)F)c1ccc(Cl)c(Br)c1. The molecule has 0 bridgehead atoms. The summed E-state index contributed by atoms with van der Waals surface area (Å²) in [6, 6.07) is 9.68. The van der Waals surface area contributed by atoms with E-state index in [9.17, 15) is 17.1 Å². The molecule has 1 amide bonds. The van der Waals surface area contributed by atoms with Crippen LogP contribution in [0.15, 0.2) is 51.8 Å². The molecule has 8 heteroatoms. The van der Waals surface area contributed by atoms with Gasteiger partial charge in [-0.15, -0.1) is 3.89 Å². The molecule has 0 aliphatic carbocycles. The van der Waals surface area contributed by atoms with E-state index in [1.54, 1.807) is 0 Å². The number of halogens is 3. The monoisotopic (exact) mass is 391 g/mol. The van der Waals surface area contributed by atoms with Crippen molar-refractivity contribution in [2.45, 2.75) is 4.90 Å². The van der Waals surface area contributed by atoms with Gasteiger partial charge >= 0.3 is 10.2 Å². The van der Waals surface area contributed by atoms with Crippen LogP contribution in [0.3, 0.4) is 0 Å². The molecule has 0 heterocycles. The number of benzene rings is 2. The number of para-hydroxylation sites is 1. The van der Waals surface area contributed by atoms with Crippen molar-refractivity contribution in [3.05, 3.63) is 57.5 Å². The maximum absolute atomic E-state index is 13.1. The van der Waals surface area contributed by atoms with Crippen LogP contribution in [0.1, 0.15) is 10.4 Å². The molecular formula is C13H8BrClFNO3S. The zero-order valence-corrected chi connectivity index (χ0v) is 13.5. The first-order valence-electron chi connectivity index (χ1n) is 5.59. The Hall–Kier alpha value is -1.44. The molecule has 0 saturated carbocycles. The summed E-state index contributed by atoms with van der Waals surface area (Å²) in [5.74, 6) is -0.580. The number of carbonyl (C=O) groups is 1. The molecule has 0 aliphatic heterocycles. The summed E-state index contributed by atoms with van der Waals surface area (Å²) in [4.78, 5) is 11.5. The molecule has 0 aromatic heterocycles. The van der Waals surface area contributed by atoms with Crippen LogP contribution in [-0.2, 0) is 10.2 Å². The van der Waals surface area contributed by atoms with Gasteiger partial charge in [0.2, 0.25) is 0 Å². The van der Waals surface area contributed by atoms with E-state index in [0.29, 0.717) is 9.50 Å². The van der Waals surface area contributed by atoms with Crippen molar-refractivity contribution in [3.63, 3.8) is 0 Å². The van der Waals surface area contributed by atoms with Crippen molar-refractivity contribution in [3.8, 4) is 0 Å². The lowest BCUT2D eigenvalue weighted by Gasteiger charge is -2.09. The predicted octanol–water partition coefficient (Wildman–Crippen LogP) is 4.01. The van der Waals surface area contributed by atoms with Crippen LogP contribution in [0, 0.1) is 0 Å². The van der Waals surface area contributed by atoms with Crippen molar-refractivity contribution >= 4 is 49.3 Å². The molecule has 2 aromatic carbocycles. The average molecular weight is 393 g/mol. The highest BCUT2D eigenvalue weighted by molar-refractivity contribution is 9.10. The van der Waals surface area contributed by atoms with Gasteiger partial charge in [0.1, 0.15) is 4.90 Å². The van der Waals surface area contributed by atoms with Gasteiger partial charge < -0.3 is 5.32 Å². The normalized spacial score (nSPS) is 11.2. The zero-order valence-electron chi connectivity index (χ0n) is 10.3. The van der Waals surface area contributed by atoms with Gasteiger partial charge in [0.15, 0.2) is 0 Å². The summed E-state index contributed by atoms with van der Waals surface area (Å²) in [7, 11) is -4.92. The van der Waals surface area contributed by atoms with Gasteiger partial charge in [-0.05, 0) is 46.3 Å². The fourth-order valence-corrected chi connectivity index (χ4v) is 2.73. The Morgan fingerprint density at radius 2 is 1.86 bits per heavy atom. The second kappa shape index (κ2) is 6.13. The molecule has 4 nitrogen and oxygen atoms in total. The first-order chi connectivity index (χ1) is 9.79. The maximum atomic E-state index is 13.1. The van der Waals surface area contributed by atoms with Gasteiger partial charge in [0, 0.05) is 10.0 Å². The zero-order chi connectivity index (χ0) is 15.6. The largest absolute Gasteiger partial charge is 0.334 e. The fraction of sp³-hybridized carbons (Fsp3) is 0. The Kier molecular flexibility index (Phi) is 4.65. The first-order valence-corrected chi connectivity index (χ1v) is 8.14. The summed E-state index contributed by atoms with van der Waals surface area (Å²) in [6.45, 7) is 0. The average Bonchev–Trinajstić information content (AvgIpc) is 2.41. The molecule has 21 heavy (non-hydrogen) atoms. The second-order valence-corrected chi connectivity index (χ2v) is 6.59. The van der Waals surface area contributed by atoms with Crippen LogP contribution in [0.5, 0.6) is 0 Å². The van der Waals surface area contributed by atoms with E-state index in [1.807, 2.05) is 0 Å². The highest BCUT2D eigenvalue weighted by Gasteiger charge is 2.18. The molecule has 110 valence electrons. The number of hydrogen-bond acceptors (Lipinski definition) is 3.